The molecule has 0 aromatic heterocycles. The van der Waals surface area contributed by atoms with Crippen LogP contribution in [0.15, 0.2) is 54.6 Å². The number of nitrogens with zero attached hydrogens (tertiary/aromatic N) is 1. The molecule has 32 heavy (non-hydrogen) atoms. The Balaban J connectivity index is 2.10. The molecule has 0 bridgehead atoms. The predicted octanol–water partition coefficient (Wildman–Crippen LogP) is 4.51. The quantitative estimate of drug-likeness (QED) is 0.504. The minimum atomic E-state index is -0.185. The maximum atomic E-state index is 9.96. The maximum absolute atomic E-state index is 9.96. The highest BCUT2D eigenvalue weighted by Gasteiger charge is 2.23. The average molecular weight is 438 g/mol. The summed E-state index contributed by atoms with van der Waals surface area (Å²) in [5.41, 5.74) is 4.72. The molecule has 0 saturated carbocycles. The minimum Gasteiger partial charge on any atom is -0.497 e. The minimum absolute atomic E-state index is 0.185. The Morgan fingerprint density at radius 3 is 1.97 bits per heavy atom. The molecule has 1 N–H and O–H groups in total. The number of aliphatic hydroxyl groups is 1. The third-order valence-corrected chi connectivity index (χ3v) is 5.39. The van der Waals surface area contributed by atoms with Crippen molar-refractivity contribution < 1.29 is 24.1 Å². The largest absolute Gasteiger partial charge is 0.497 e. The van der Waals surface area contributed by atoms with Gasteiger partial charge in [-0.05, 0) is 41.9 Å². The molecule has 0 aliphatic heterocycles. The number of hydrogen-bond acceptors (Lipinski definition) is 6. The molecule has 3 aromatic carbocycles. The van der Waals surface area contributed by atoms with Gasteiger partial charge in [-0.2, -0.15) is 0 Å². The summed E-state index contributed by atoms with van der Waals surface area (Å²) in [4.78, 5) is 2.24. The van der Waals surface area contributed by atoms with Crippen molar-refractivity contribution in [2.75, 3.05) is 35.5 Å². The van der Waals surface area contributed by atoms with E-state index >= 15 is 0 Å². The van der Waals surface area contributed by atoms with Gasteiger partial charge in [0.2, 0.25) is 5.75 Å². The fraction of sp³-hybridized carbons (Fsp3) is 0.308. The van der Waals surface area contributed by atoms with Gasteiger partial charge in [-0.3, -0.25) is 4.90 Å². The highest BCUT2D eigenvalue weighted by molar-refractivity contribution is 5.80. The van der Waals surface area contributed by atoms with Crippen LogP contribution in [-0.2, 0) is 19.7 Å². The Kier molecular flexibility index (Phi) is 7.98. The number of ether oxygens (including phenoxy) is 4. The molecule has 170 valence electrons. The third kappa shape index (κ3) is 4.98. The Morgan fingerprint density at radius 2 is 1.38 bits per heavy atom. The van der Waals surface area contributed by atoms with Gasteiger partial charge >= 0.3 is 0 Å². The summed E-state index contributed by atoms with van der Waals surface area (Å²) in [7, 11) is 8.46. The second-order valence-electron chi connectivity index (χ2n) is 7.52. The number of hydrogen-bond donors (Lipinski definition) is 1. The SMILES string of the molecule is COc1ccc(-c2cc(CO)c(OC)c(OC)c2OC)c(CN(C)Cc2ccccc2)c1. The topological polar surface area (TPSA) is 60.4 Å². The number of methoxy groups -OCH3 is 4. The molecule has 0 saturated heterocycles. The molecule has 0 radical (unpaired) electrons. The lowest BCUT2D eigenvalue weighted by Gasteiger charge is -2.23. The Morgan fingerprint density at radius 1 is 0.688 bits per heavy atom. The molecule has 6 nitrogen and oxygen atoms in total. The zero-order valence-corrected chi connectivity index (χ0v) is 19.3. The summed E-state index contributed by atoms with van der Waals surface area (Å²) in [6, 6.07) is 18.2. The molecule has 0 heterocycles. The third-order valence-electron chi connectivity index (χ3n) is 5.39. The zero-order valence-electron chi connectivity index (χ0n) is 19.3. The van der Waals surface area contributed by atoms with Crippen LogP contribution >= 0.6 is 0 Å². The lowest BCUT2D eigenvalue weighted by atomic mass is 9.95. The lowest BCUT2D eigenvalue weighted by Crippen LogP contribution is -2.18. The molecule has 3 aromatic rings. The van der Waals surface area contributed by atoms with E-state index in [0.29, 0.717) is 29.4 Å². The van der Waals surface area contributed by atoms with Gasteiger partial charge in [0.05, 0.1) is 35.0 Å². The summed E-state index contributed by atoms with van der Waals surface area (Å²) in [6.07, 6.45) is 0. The molecule has 0 aliphatic carbocycles. The van der Waals surface area contributed by atoms with E-state index < -0.39 is 0 Å². The van der Waals surface area contributed by atoms with E-state index in [-0.39, 0.29) is 6.61 Å². The molecular formula is C26H31NO5. The van der Waals surface area contributed by atoms with Gasteiger partial charge in [-0.1, -0.05) is 36.4 Å². The van der Waals surface area contributed by atoms with Crippen LogP contribution in [0.5, 0.6) is 23.0 Å². The van der Waals surface area contributed by atoms with Crippen molar-refractivity contribution in [3.63, 3.8) is 0 Å². The monoisotopic (exact) mass is 437 g/mol. The first-order valence-electron chi connectivity index (χ1n) is 10.4. The van der Waals surface area contributed by atoms with Crippen LogP contribution < -0.4 is 18.9 Å². The molecule has 3 rings (SSSR count). The van der Waals surface area contributed by atoms with E-state index in [1.807, 2.05) is 42.5 Å². The number of rotatable bonds is 10. The van der Waals surface area contributed by atoms with Crippen LogP contribution in [0.25, 0.3) is 11.1 Å². The van der Waals surface area contributed by atoms with E-state index in [9.17, 15) is 5.11 Å². The molecule has 0 atom stereocenters. The highest BCUT2D eigenvalue weighted by Crippen LogP contribution is 2.47. The summed E-state index contributed by atoms with van der Waals surface area (Å²) >= 11 is 0. The highest BCUT2D eigenvalue weighted by atomic mass is 16.5. The molecule has 0 unspecified atom stereocenters. The Labute approximate surface area is 189 Å². The first-order valence-corrected chi connectivity index (χ1v) is 10.4. The summed E-state index contributed by atoms with van der Waals surface area (Å²) in [5.74, 6) is 2.25. The van der Waals surface area contributed by atoms with Crippen molar-refractivity contribution in [2.45, 2.75) is 19.7 Å². The lowest BCUT2D eigenvalue weighted by molar-refractivity contribution is 0.267. The van der Waals surface area contributed by atoms with Gasteiger partial charge in [-0.15, -0.1) is 0 Å². The Bertz CT molecular complexity index is 1040. The first kappa shape index (κ1) is 23.4. The van der Waals surface area contributed by atoms with Crippen LogP contribution in [-0.4, -0.2) is 45.5 Å². The number of benzene rings is 3. The van der Waals surface area contributed by atoms with Crippen molar-refractivity contribution in [1.82, 2.24) is 4.90 Å². The van der Waals surface area contributed by atoms with Crippen LogP contribution in [0.4, 0.5) is 0 Å². The van der Waals surface area contributed by atoms with Crippen molar-refractivity contribution >= 4 is 0 Å². The summed E-state index contributed by atoms with van der Waals surface area (Å²) in [5, 5.41) is 9.96. The molecule has 0 fully saturated rings. The van der Waals surface area contributed by atoms with Gasteiger partial charge in [0.1, 0.15) is 5.75 Å². The smallest absolute Gasteiger partial charge is 0.204 e. The first-order chi connectivity index (χ1) is 15.6. The van der Waals surface area contributed by atoms with Crippen LogP contribution in [0.2, 0.25) is 0 Å². The van der Waals surface area contributed by atoms with Gasteiger partial charge in [0.25, 0.3) is 0 Å². The second kappa shape index (κ2) is 10.9. The van der Waals surface area contributed by atoms with Crippen molar-refractivity contribution in [3.05, 3.63) is 71.3 Å². The molecule has 0 amide bonds. The van der Waals surface area contributed by atoms with Crippen LogP contribution in [0.3, 0.4) is 0 Å². The normalized spacial score (nSPS) is 10.8. The van der Waals surface area contributed by atoms with Gasteiger partial charge in [-0.25, -0.2) is 0 Å². The predicted molar refractivity (Wildman–Crippen MR) is 126 cm³/mol. The zero-order chi connectivity index (χ0) is 23.1. The van der Waals surface area contributed by atoms with Crippen LogP contribution in [0.1, 0.15) is 16.7 Å². The maximum Gasteiger partial charge on any atom is 0.204 e. The van der Waals surface area contributed by atoms with E-state index in [2.05, 4.69) is 24.1 Å². The molecular weight excluding hydrogens is 406 g/mol. The van der Waals surface area contributed by atoms with E-state index in [1.165, 1.54) is 5.56 Å². The van der Waals surface area contributed by atoms with Crippen molar-refractivity contribution in [3.8, 4) is 34.1 Å². The van der Waals surface area contributed by atoms with E-state index in [4.69, 9.17) is 18.9 Å². The van der Waals surface area contributed by atoms with Gasteiger partial charge in [0, 0.05) is 24.2 Å². The van der Waals surface area contributed by atoms with E-state index in [1.54, 1.807) is 28.4 Å². The summed E-state index contributed by atoms with van der Waals surface area (Å²) < 4.78 is 22.3. The summed E-state index contributed by atoms with van der Waals surface area (Å²) in [6.45, 7) is 1.31. The fourth-order valence-electron chi connectivity index (χ4n) is 3.94. The van der Waals surface area contributed by atoms with Crippen molar-refractivity contribution in [1.29, 1.82) is 0 Å². The average Bonchev–Trinajstić information content (AvgIpc) is 2.82. The second-order valence-corrected chi connectivity index (χ2v) is 7.52. The van der Waals surface area contributed by atoms with Gasteiger partial charge < -0.3 is 24.1 Å². The van der Waals surface area contributed by atoms with Crippen molar-refractivity contribution in [2.24, 2.45) is 0 Å². The molecule has 0 spiro atoms. The standard InChI is InChI=1S/C26H31NO5/c1-27(15-18-9-7-6-8-10-18)16-19-13-21(29-2)11-12-22(19)23-14-20(17-28)24(30-3)26(32-5)25(23)31-4/h6-14,28H,15-17H2,1-5H3. The Hall–Kier alpha value is -3.22. The van der Waals surface area contributed by atoms with Gasteiger partial charge in [0.15, 0.2) is 11.5 Å². The molecule has 0 aliphatic rings. The van der Waals surface area contributed by atoms with E-state index in [0.717, 1.165) is 29.0 Å². The number of aliphatic hydroxyl groups excluding tert-OH is 1. The van der Waals surface area contributed by atoms with Crippen LogP contribution in [0, 0.1) is 0 Å². The molecule has 6 heteroatoms. The fourth-order valence-corrected chi connectivity index (χ4v) is 3.94.